The van der Waals surface area contributed by atoms with Crippen molar-refractivity contribution in [3.05, 3.63) is 28.8 Å². The standard InChI is InChI=1S/C14H22ClN3/c1-3-16-11-12-4-5-13(15)10-14(12)18-8-6-17(2)7-9-18/h4-5,10,16H,3,6-9,11H2,1-2H3. The second-order valence-corrected chi connectivity index (χ2v) is 5.28. The minimum absolute atomic E-state index is 0.823. The fourth-order valence-electron chi connectivity index (χ4n) is 2.29. The number of rotatable bonds is 4. The summed E-state index contributed by atoms with van der Waals surface area (Å²) in [4.78, 5) is 4.81. The number of anilines is 1. The van der Waals surface area contributed by atoms with Crippen molar-refractivity contribution in [2.24, 2.45) is 0 Å². The maximum Gasteiger partial charge on any atom is 0.0427 e. The van der Waals surface area contributed by atoms with E-state index in [-0.39, 0.29) is 0 Å². The van der Waals surface area contributed by atoms with Crippen LogP contribution in [-0.4, -0.2) is 44.7 Å². The van der Waals surface area contributed by atoms with Crippen molar-refractivity contribution < 1.29 is 0 Å². The summed E-state index contributed by atoms with van der Waals surface area (Å²) in [7, 11) is 2.18. The first-order valence-electron chi connectivity index (χ1n) is 6.63. The Labute approximate surface area is 115 Å². The summed E-state index contributed by atoms with van der Waals surface area (Å²) >= 11 is 6.14. The average molecular weight is 268 g/mol. The van der Waals surface area contributed by atoms with E-state index in [9.17, 15) is 0 Å². The molecular formula is C14H22ClN3. The van der Waals surface area contributed by atoms with Crippen LogP contribution in [0.3, 0.4) is 0 Å². The Bertz CT molecular complexity index is 387. The summed E-state index contributed by atoms with van der Waals surface area (Å²) in [6.45, 7) is 8.43. The lowest BCUT2D eigenvalue weighted by molar-refractivity contribution is 0.312. The van der Waals surface area contributed by atoms with Gasteiger partial charge in [-0.05, 0) is 31.3 Å². The Morgan fingerprint density at radius 2 is 1.94 bits per heavy atom. The van der Waals surface area contributed by atoms with E-state index in [4.69, 9.17) is 11.6 Å². The zero-order valence-electron chi connectivity index (χ0n) is 11.2. The van der Waals surface area contributed by atoms with Crippen LogP contribution in [0, 0.1) is 0 Å². The van der Waals surface area contributed by atoms with Crippen molar-refractivity contribution in [3.8, 4) is 0 Å². The highest BCUT2D eigenvalue weighted by atomic mass is 35.5. The van der Waals surface area contributed by atoms with E-state index >= 15 is 0 Å². The number of nitrogens with one attached hydrogen (secondary N) is 1. The number of hydrogen-bond acceptors (Lipinski definition) is 3. The third-order valence-electron chi connectivity index (χ3n) is 3.46. The van der Waals surface area contributed by atoms with Gasteiger partial charge in [0.15, 0.2) is 0 Å². The minimum atomic E-state index is 0.823. The van der Waals surface area contributed by atoms with E-state index < -0.39 is 0 Å². The van der Waals surface area contributed by atoms with E-state index in [2.05, 4.69) is 41.2 Å². The lowest BCUT2D eigenvalue weighted by Gasteiger charge is -2.35. The predicted molar refractivity (Wildman–Crippen MR) is 78.5 cm³/mol. The van der Waals surface area contributed by atoms with Crippen molar-refractivity contribution >= 4 is 17.3 Å². The molecule has 0 saturated carbocycles. The van der Waals surface area contributed by atoms with Crippen LogP contribution in [0.25, 0.3) is 0 Å². The Hall–Kier alpha value is -0.770. The van der Waals surface area contributed by atoms with Gasteiger partial charge >= 0.3 is 0 Å². The van der Waals surface area contributed by atoms with Crippen LogP contribution < -0.4 is 10.2 Å². The van der Waals surface area contributed by atoms with Gasteiger partial charge in [0.2, 0.25) is 0 Å². The molecule has 0 spiro atoms. The summed E-state index contributed by atoms with van der Waals surface area (Å²) in [5.41, 5.74) is 2.63. The molecule has 1 fully saturated rings. The van der Waals surface area contributed by atoms with E-state index in [1.807, 2.05) is 6.07 Å². The Morgan fingerprint density at radius 3 is 2.61 bits per heavy atom. The van der Waals surface area contributed by atoms with Gasteiger partial charge in [0, 0.05) is 43.4 Å². The molecule has 100 valence electrons. The maximum absolute atomic E-state index is 6.14. The highest BCUT2D eigenvalue weighted by Crippen LogP contribution is 2.25. The van der Waals surface area contributed by atoms with E-state index in [0.717, 1.165) is 44.3 Å². The maximum atomic E-state index is 6.14. The van der Waals surface area contributed by atoms with E-state index in [0.29, 0.717) is 0 Å². The molecule has 0 radical (unpaired) electrons. The Balaban J connectivity index is 2.16. The fourth-order valence-corrected chi connectivity index (χ4v) is 2.45. The summed E-state index contributed by atoms with van der Waals surface area (Å²) in [5, 5.41) is 4.22. The SMILES string of the molecule is CCNCc1ccc(Cl)cc1N1CCN(C)CC1. The molecule has 1 N–H and O–H groups in total. The van der Waals surface area contributed by atoms with Gasteiger partial charge in [-0.1, -0.05) is 24.6 Å². The molecule has 18 heavy (non-hydrogen) atoms. The first-order chi connectivity index (χ1) is 8.70. The van der Waals surface area contributed by atoms with Crippen LogP contribution >= 0.6 is 11.6 Å². The summed E-state index contributed by atoms with van der Waals surface area (Å²) in [5.74, 6) is 0. The van der Waals surface area contributed by atoms with Gasteiger partial charge in [0.1, 0.15) is 0 Å². The minimum Gasteiger partial charge on any atom is -0.369 e. The summed E-state index contributed by atoms with van der Waals surface area (Å²) in [6.07, 6.45) is 0. The molecule has 4 heteroatoms. The summed E-state index contributed by atoms with van der Waals surface area (Å²) < 4.78 is 0. The molecule has 1 saturated heterocycles. The molecule has 1 aromatic carbocycles. The van der Waals surface area contributed by atoms with Crippen molar-refractivity contribution in [1.82, 2.24) is 10.2 Å². The quantitative estimate of drug-likeness (QED) is 0.902. The van der Waals surface area contributed by atoms with Crippen LogP contribution in [0.4, 0.5) is 5.69 Å². The van der Waals surface area contributed by atoms with Gasteiger partial charge < -0.3 is 15.1 Å². The third-order valence-corrected chi connectivity index (χ3v) is 3.69. The first kappa shape index (κ1) is 13.7. The molecule has 1 aromatic rings. The number of hydrogen-bond donors (Lipinski definition) is 1. The third kappa shape index (κ3) is 3.37. The predicted octanol–water partition coefficient (Wildman–Crippen LogP) is 2.20. The smallest absolute Gasteiger partial charge is 0.0427 e. The summed E-state index contributed by atoms with van der Waals surface area (Å²) in [6, 6.07) is 6.21. The van der Waals surface area contributed by atoms with Crippen LogP contribution in [-0.2, 0) is 6.54 Å². The lowest BCUT2D eigenvalue weighted by Crippen LogP contribution is -2.45. The molecular weight excluding hydrogens is 246 g/mol. The van der Waals surface area contributed by atoms with E-state index in [1.165, 1.54) is 11.3 Å². The Morgan fingerprint density at radius 1 is 1.22 bits per heavy atom. The number of piperazine rings is 1. The molecule has 0 aliphatic carbocycles. The molecule has 0 atom stereocenters. The number of nitrogens with zero attached hydrogens (tertiary/aromatic N) is 2. The van der Waals surface area contributed by atoms with Gasteiger partial charge in [-0.2, -0.15) is 0 Å². The highest BCUT2D eigenvalue weighted by molar-refractivity contribution is 6.30. The van der Waals surface area contributed by atoms with Gasteiger partial charge in [-0.3, -0.25) is 0 Å². The van der Waals surface area contributed by atoms with Crippen LogP contribution in [0.1, 0.15) is 12.5 Å². The van der Waals surface area contributed by atoms with Gasteiger partial charge in [0.25, 0.3) is 0 Å². The monoisotopic (exact) mass is 267 g/mol. The van der Waals surface area contributed by atoms with Crippen LogP contribution in [0.2, 0.25) is 5.02 Å². The van der Waals surface area contributed by atoms with Gasteiger partial charge in [-0.15, -0.1) is 0 Å². The van der Waals surface area contributed by atoms with Gasteiger partial charge in [0.05, 0.1) is 0 Å². The fraction of sp³-hybridized carbons (Fsp3) is 0.571. The van der Waals surface area contributed by atoms with E-state index in [1.54, 1.807) is 0 Å². The average Bonchev–Trinajstić information content (AvgIpc) is 2.38. The number of benzene rings is 1. The first-order valence-corrected chi connectivity index (χ1v) is 7.01. The topological polar surface area (TPSA) is 18.5 Å². The molecule has 0 amide bonds. The molecule has 0 aromatic heterocycles. The zero-order valence-corrected chi connectivity index (χ0v) is 12.0. The van der Waals surface area contributed by atoms with Crippen molar-refractivity contribution in [1.29, 1.82) is 0 Å². The highest BCUT2D eigenvalue weighted by Gasteiger charge is 2.17. The van der Waals surface area contributed by atoms with Crippen molar-refractivity contribution in [3.63, 3.8) is 0 Å². The van der Waals surface area contributed by atoms with Gasteiger partial charge in [-0.25, -0.2) is 0 Å². The molecule has 1 heterocycles. The zero-order chi connectivity index (χ0) is 13.0. The molecule has 0 unspecified atom stereocenters. The molecule has 2 rings (SSSR count). The molecule has 1 aliphatic heterocycles. The van der Waals surface area contributed by atoms with Crippen molar-refractivity contribution in [2.75, 3.05) is 44.7 Å². The second kappa shape index (κ2) is 6.41. The Kier molecular flexibility index (Phi) is 4.87. The van der Waals surface area contributed by atoms with Crippen LogP contribution in [0.15, 0.2) is 18.2 Å². The number of likely N-dealkylation sites (N-methyl/N-ethyl adjacent to an activating group) is 1. The number of halogens is 1. The molecule has 3 nitrogen and oxygen atoms in total. The molecule has 1 aliphatic rings. The normalized spacial score (nSPS) is 17.2. The largest absolute Gasteiger partial charge is 0.369 e. The second-order valence-electron chi connectivity index (χ2n) is 4.84. The lowest BCUT2D eigenvalue weighted by atomic mass is 10.1. The molecule has 0 bridgehead atoms. The van der Waals surface area contributed by atoms with Crippen molar-refractivity contribution in [2.45, 2.75) is 13.5 Å². The van der Waals surface area contributed by atoms with Crippen LogP contribution in [0.5, 0.6) is 0 Å².